The van der Waals surface area contributed by atoms with Crippen molar-refractivity contribution >= 4 is 42.7 Å². The number of piperazine rings is 1. The van der Waals surface area contributed by atoms with Gasteiger partial charge in [-0.25, -0.2) is 13.4 Å². The highest BCUT2D eigenvalue weighted by Gasteiger charge is 2.41. The summed E-state index contributed by atoms with van der Waals surface area (Å²) in [4.78, 5) is 38.2. The van der Waals surface area contributed by atoms with Crippen LogP contribution in [0.2, 0.25) is 0 Å². The maximum absolute atomic E-state index is 13.7. The third kappa shape index (κ3) is 6.87. The third-order valence-electron chi connectivity index (χ3n) is 7.04. The van der Waals surface area contributed by atoms with Crippen LogP contribution < -0.4 is 20.5 Å². The van der Waals surface area contributed by atoms with Gasteiger partial charge in [-0.2, -0.15) is 9.29 Å². The molecule has 2 N–H and O–H groups in total. The van der Waals surface area contributed by atoms with Crippen molar-refractivity contribution < 1.29 is 31.1 Å². The smallest absolute Gasteiger partial charge is 0.406 e. The number of H-pyrrole nitrogens is 1. The fourth-order valence-electron chi connectivity index (χ4n) is 4.71. The van der Waals surface area contributed by atoms with Gasteiger partial charge in [0.25, 0.3) is 5.56 Å². The molecule has 0 bridgehead atoms. The monoisotopic (exact) mass is 650 g/mol. The highest BCUT2D eigenvalue weighted by Crippen LogP contribution is 2.31. The van der Waals surface area contributed by atoms with Crippen molar-refractivity contribution in [2.45, 2.75) is 50.0 Å². The van der Waals surface area contributed by atoms with E-state index in [0.29, 0.717) is 9.83 Å². The molecule has 234 valence electrons. The average Bonchev–Trinajstić information content (AvgIpc) is 3.41. The number of nitrogens with zero attached hydrogens (tertiary/aromatic N) is 4. The molecule has 0 radical (unpaired) electrons. The van der Waals surface area contributed by atoms with Gasteiger partial charge in [-0.3, -0.25) is 9.59 Å². The minimum absolute atomic E-state index is 0.0553. The molecule has 5 rings (SSSR count). The molecule has 1 atom stereocenters. The molecule has 1 aliphatic heterocycles. The molecule has 0 unspecified atom stereocenters. The van der Waals surface area contributed by atoms with Gasteiger partial charge >= 0.3 is 6.36 Å². The summed E-state index contributed by atoms with van der Waals surface area (Å²) in [5.74, 6) is -1.15. The van der Waals surface area contributed by atoms with Crippen LogP contribution in [0.4, 0.5) is 18.3 Å². The fourth-order valence-corrected chi connectivity index (χ4v) is 7.23. The highest BCUT2D eigenvalue weighted by molar-refractivity contribution is 7.89. The van der Waals surface area contributed by atoms with Crippen LogP contribution in [0.1, 0.15) is 31.9 Å². The van der Waals surface area contributed by atoms with Crippen LogP contribution in [-0.2, 0) is 26.8 Å². The lowest BCUT2D eigenvalue weighted by atomic mass is 9.87. The summed E-state index contributed by atoms with van der Waals surface area (Å²) in [6, 6.07) is 10.3. The van der Waals surface area contributed by atoms with Crippen LogP contribution in [0.25, 0.3) is 10.3 Å². The van der Waals surface area contributed by atoms with Crippen LogP contribution >= 0.6 is 11.3 Å². The quantitative estimate of drug-likeness (QED) is 0.309. The predicted molar refractivity (Wildman–Crippen MR) is 158 cm³/mol. The van der Waals surface area contributed by atoms with Crippen molar-refractivity contribution in [3.8, 4) is 5.75 Å². The van der Waals surface area contributed by atoms with Gasteiger partial charge in [0, 0.05) is 26.2 Å². The Morgan fingerprint density at radius 1 is 1.09 bits per heavy atom. The fraction of sp³-hybridized carbons (Fsp3) is 0.357. The van der Waals surface area contributed by atoms with Gasteiger partial charge in [0.1, 0.15) is 16.5 Å². The number of carbonyl (C=O) groups is 1. The average molecular weight is 651 g/mol. The number of thiazole rings is 1. The molecular formula is C28H29F3N6O5S2. The van der Waals surface area contributed by atoms with Gasteiger partial charge < -0.3 is 19.9 Å². The summed E-state index contributed by atoms with van der Waals surface area (Å²) in [5.41, 5.74) is 1.73. The molecule has 11 nitrogen and oxygen atoms in total. The summed E-state index contributed by atoms with van der Waals surface area (Å²) in [6.45, 7) is 6.29. The second-order valence-corrected chi connectivity index (χ2v) is 14.0. The number of benzene rings is 2. The Kier molecular flexibility index (Phi) is 8.43. The first-order chi connectivity index (χ1) is 20.6. The Bertz CT molecular complexity index is 1820. The van der Waals surface area contributed by atoms with E-state index < -0.39 is 34.1 Å². The van der Waals surface area contributed by atoms with Gasteiger partial charge in [-0.1, -0.05) is 56.4 Å². The van der Waals surface area contributed by atoms with Crippen LogP contribution in [-0.4, -0.2) is 65.6 Å². The van der Waals surface area contributed by atoms with Gasteiger partial charge in [-0.15, -0.1) is 13.2 Å². The molecule has 0 saturated carbocycles. The van der Waals surface area contributed by atoms with E-state index in [-0.39, 0.29) is 47.7 Å². The Morgan fingerprint density at radius 3 is 2.39 bits per heavy atom. The first kappa shape index (κ1) is 31.4. The number of halogens is 3. The Labute approximate surface area is 254 Å². The maximum Gasteiger partial charge on any atom is 0.573 e. The maximum atomic E-state index is 13.7. The molecule has 3 heterocycles. The number of aromatic amines is 1. The highest BCUT2D eigenvalue weighted by atomic mass is 32.2. The number of hydrogen-bond donors (Lipinski definition) is 2. The zero-order chi connectivity index (χ0) is 31.9. The number of hydrogen-bond acceptors (Lipinski definition) is 9. The number of ether oxygens (including phenoxy) is 1. The van der Waals surface area contributed by atoms with Crippen molar-refractivity contribution in [1.29, 1.82) is 0 Å². The normalized spacial score (nSPS) is 16.7. The SMILES string of the molecule is CC(C)(C)c1ccc(CNC(=O)[C@H]2CN(c3nc4nc[nH]c(=O)c4s3)CCN2S(=O)(=O)c2ccc(OC(F)(F)F)cc2)cc1. The minimum Gasteiger partial charge on any atom is -0.406 e. The lowest BCUT2D eigenvalue weighted by Gasteiger charge is -2.39. The van der Waals surface area contributed by atoms with Crippen LogP contribution in [0, 0.1) is 0 Å². The summed E-state index contributed by atoms with van der Waals surface area (Å²) >= 11 is 1.07. The number of nitrogens with one attached hydrogen (secondary N) is 2. The zero-order valence-corrected chi connectivity index (χ0v) is 25.5. The number of amides is 1. The molecule has 1 saturated heterocycles. The van der Waals surface area contributed by atoms with Crippen molar-refractivity contribution in [1.82, 2.24) is 24.6 Å². The van der Waals surface area contributed by atoms with E-state index in [1.165, 1.54) is 6.33 Å². The third-order valence-corrected chi connectivity index (χ3v) is 10.1. The molecule has 4 aromatic rings. The molecule has 1 fully saturated rings. The molecule has 0 spiro atoms. The number of carbonyl (C=O) groups excluding carboxylic acids is 1. The molecule has 16 heteroatoms. The van der Waals surface area contributed by atoms with Gasteiger partial charge in [0.2, 0.25) is 15.9 Å². The number of fused-ring (bicyclic) bond motifs is 1. The molecule has 2 aromatic heterocycles. The van der Waals surface area contributed by atoms with E-state index in [1.807, 2.05) is 24.3 Å². The van der Waals surface area contributed by atoms with E-state index in [2.05, 4.69) is 45.8 Å². The minimum atomic E-state index is -4.94. The summed E-state index contributed by atoms with van der Waals surface area (Å²) in [5, 5.41) is 3.22. The van der Waals surface area contributed by atoms with Crippen LogP contribution in [0.3, 0.4) is 0 Å². The molecular weight excluding hydrogens is 621 g/mol. The van der Waals surface area contributed by atoms with Crippen LogP contribution in [0.15, 0.2) is 64.5 Å². The lowest BCUT2D eigenvalue weighted by Crippen LogP contribution is -2.60. The number of aromatic nitrogens is 3. The molecule has 44 heavy (non-hydrogen) atoms. The van der Waals surface area contributed by atoms with E-state index in [0.717, 1.165) is 51.0 Å². The predicted octanol–water partition coefficient (Wildman–Crippen LogP) is 3.77. The summed E-state index contributed by atoms with van der Waals surface area (Å²) in [7, 11) is -4.33. The van der Waals surface area contributed by atoms with Gasteiger partial charge in [0.15, 0.2) is 10.8 Å². The Balaban J connectivity index is 1.41. The lowest BCUT2D eigenvalue weighted by molar-refractivity contribution is -0.274. The first-order valence-corrected chi connectivity index (χ1v) is 15.7. The van der Waals surface area contributed by atoms with Gasteiger partial charge in [0.05, 0.1) is 11.2 Å². The second kappa shape index (κ2) is 11.8. The number of alkyl halides is 3. The van der Waals surface area contributed by atoms with Gasteiger partial charge in [-0.05, 0) is 40.8 Å². The second-order valence-electron chi connectivity index (χ2n) is 11.1. The van der Waals surface area contributed by atoms with E-state index in [1.54, 1.807) is 4.90 Å². The van der Waals surface area contributed by atoms with Crippen molar-refractivity contribution in [3.63, 3.8) is 0 Å². The Hall–Kier alpha value is -4.02. The first-order valence-electron chi connectivity index (χ1n) is 13.5. The Morgan fingerprint density at radius 2 is 1.77 bits per heavy atom. The summed E-state index contributed by atoms with van der Waals surface area (Å²) < 4.78 is 70.5. The largest absolute Gasteiger partial charge is 0.573 e. The van der Waals surface area contributed by atoms with E-state index in [9.17, 15) is 31.2 Å². The number of rotatable bonds is 7. The van der Waals surface area contributed by atoms with Crippen molar-refractivity contribution in [2.24, 2.45) is 0 Å². The van der Waals surface area contributed by atoms with E-state index in [4.69, 9.17) is 0 Å². The summed E-state index contributed by atoms with van der Waals surface area (Å²) in [6.07, 6.45) is -3.71. The zero-order valence-electron chi connectivity index (χ0n) is 23.9. The number of sulfonamides is 1. The molecule has 1 aliphatic rings. The molecule has 0 aliphatic carbocycles. The number of anilines is 1. The molecule has 2 aromatic carbocycles. The van der Waals surface area contributed by atoms with Crippen molar-refractivity contribution in [2.75, 3.05) is 24.5 Å². The standard InChI is InChI=1S/C28H29F3N6O5S2/c1-27(2,3)18-6-4-17(5-7-18)14-32-24(38)21-15-36(26-35-23-22(43-26)25(39)34-16-33-23)12-13-37(21)44(40,41)20-10-8-19(9-11-20)42-28(29,30)31/h4-11,16,21H,12-15H2,1-3H3,(H,32,38)(H,33,34,39)/t21-/m1/s1. The van der Waals surface area contributed by atoms with Crippen LogP contribution in [0.5, 0.6) is 5.75 Å². The van der Waals surface area contributed by atoms with E-state index >= 15 is 0 Å². The van der Waals surface area contributed by atoms with Crippen molar-refractivity contribution in [3.05, 3.63) is 76.3 Å². The topological polar surface area (TPSA) is 138 Å². The molecule has 1 amide bonds.